The standard InChI is InChI=1S/C21H35N5O2.HI/c1-17(2)9-13-28-14-10-23-20(22-3)24-16-18-7-6-8-19(15-18)25-21(27)26-11-4-5-12-26;/h6-8,15,17H,4-5,9-14,16H2,1-3H3,(H,25,27)(H2,22,23,24);1H. The van der Waals surface area contributed by atoms with Gasteiger partial charge in [0.2, 0.25) is 0 Å². The Morgan fingerprint density at radius 2 is 1.97 bits per heavy atom. The molecule has 1 aromatic carbocycles. The summed E-state index contributed by atoms with van der Waals surface area (Å²) in [5, 5.41) is 9.52. The van der Waals surface area contributed by atoms with Gasteiger partial charge in [-0.15, -0.1) is 24.0 Å². The smallest absolute Gasteiger partial charge is 0.321 e. The molecule has 0 radical (unpaired) electrons. The van der Waals surface area contributed by atoms with E-state index in [1.54, 1.807) is 7.05 Å². The summed E-state index contributed by atoms with van der Waals surface area (Å²) in [6.07, 6.45) is 3.26. The van der Waals surface area contributed by atoms with Crippen LogP contribution in [0.2, 0.25) is 0 Å². The Kier molecular flexibility index (Phi) is 12.7. The molecule has 0 aliphatic carbocycles. The van der Waals surface area contributed by atoms with E-state index in [4.69, 9.17) is 4.74 Å². The molecule has 164 valence electrons. The van der Waals surface area contributed by atoms with Crippen molar-refractivity contribution in [3.63, 3.8) is 0 Å². The average molecular weight is 517 g/mol. The molecule has 1 heterocycles. The van der Waals surface area contributed by atoms with Gasteiger partial charge in [0.05, 0.1) is 6.61 Å². The van der Waals surface area contributed by atoms with Gasteiger partial charge in [0, 0.05) is 45.5 Å². The number of carbonyl (C=O) groups excluding carboxylic acids is 1. The van der Waals surface area contributed by atoms with Gasteiger partial charge in [0.25, 0.3) is 0 Å². The number of rotatable bonds is 9. The average Bonchev–Trinajstić information content (AvgIpc) is 3.22. The zero-order chi connectivity index (χ0) is 20.2. The second kappa shape index (κ2) is 14.4. The van der Waals surface area contributed by atoms with Gasteiger partial charge >= 0.3 is 6.03 Å². The summed E-state index contributed by atoms with van der Waals surface area (Å²) in [5.41, 5.74) is 1.90. The number of amides is 2. The molecule has 0 atom stereocenters. The number of guanidine groups is 1. The first-order valence-electron chi connectivity index (χ1n) is 10.3. The number of urea groups is 1. The van der Waals surface area contributed by atoms with Gasteiger partial charge in [-0.3, -0.25) is 4.99 Å². The maximum atomic E-state index is 12.2. The van der Waals surface area contributed by atoms with Crippen LogP contribution in [0, 0.1) is 5.92 Å². The van der Waals surface area contributed by atoms with Gasteiger partial charge < -0.3 is 25.6 Å². The van der Waals surface area contributed by atoms with Gasteiger partial charge in [-0.25, -0.2) is 4.79 Å². The third-order valence-corrected chi connectivity index (χ3v) is 4.63. The second-order valence-electron chi connectivity index (χ2n) is 7.47. The molecule has 0 unspecified atom stereocenters. The largest absolute Gasteiger partial charge is 0.380 e. The molecule has 1 saturated heterocycles. The summed E-state index contributed by atoms with van der Waals surface area (Å²) < 4.78 is 5.61. The number of nitrogens with one attached hydrogen (secondary N) is 3. The summed E-state index contributed by atoms with van der Waals surface area (Å²) in [7, 11) is 1.75. The number of hydrogen-bond donors (Lipinski definition) is 3. The molecule has 0 spiro atoms. The zero-order valence-corrected chi connectivity index (χ0v) is 20.2. The second-order valence-corrected chi connectivity index (χ2v) is 7.47. The van der Waals surface area contributed by atoms with Crippen LogP contribution in [0.1, 0.15) is 38.7 Å². The number of ether oxygens (including phenoxy) is 1. The summed E-state index contributed by atoms with van der Waals surface area (Å²) in [4.78, 5) is 18.3. The number of likely N-dealkylation sites (tertiary alicyclic amines) is 1. The van der Waals surface area contributed by atoms with Crippen LogP contribution in [0.3, 0.4) is 0 Å². The van der Waals surface area contributed by atoms with E-state index in [2.05, 4.69) is 34.8 Å². The molecule has 1 aromatic rings. The highest BCUT2D eigenvalue weighted by Gasteiger charge is 2.17. The van der Waals surface area contributed by atoms with Crippen LogP contribution < -0.4 is 16.0 Å². The number of aliphatic imine (C=N–C) groups is 1. The fourth-order valence-corrected chi connectivity index (χ4v) is 2.95. The molecular formula is C21H36IN5O2. The predicted octanol–water partition coefficient (Wildman–Crippen LogP) is 3.66. The normalized spacial score (nSPS) is 13.9. The lowest BCUT2D eigenvalue weighted by molar-refractivity contribution is 0.128. The highest BCUT2D eigenvalue weighted by atomic mass is 127. The number of hydrogen-bond acceptors (Lipinski definition) is 3. The van der Waals surface area contributed by atoms with E-state index in [-0.39, 0.29) is 30.0 Å². The molecule has 7 nitrogen and oxygen atoms in total. The topological polar surface area (TPSA) is 78.0 Å². The summed E-state index contributed by atoms with van der Waals surface area (Å²) >= 11 is 0. The third-order valence-electron chi connectivity index (χ3n) is 4.63. The molecule has 2 amide bonds. The molecule has 1 fully saturated rings. The maximum absolute atomic E-state index is 12.2. The van der Waals surface area contributed by atoms with Crippen LogP contribution in [0.5, 0.6) is 0 Å². The molecule has 0 aromatic heterocycles. The Labute approximate surface area is 192 Å². The Hall–Kier alpha value is -1.55. The zero-order valence-electron chi connectivity index (χ0n) is 17.9. The number of halogens is 1. The Morgan fingerprint density at radius 3 is 2.66 bits per heavy atom. The van der Waals surface area contributed by atoms with E-state index in [1.165, 1.54) is 0 Å². The van der Waals surface area contributed by atoms with E-state index in [0.29, 0.717) is 25.6 Å². The molecule has 1 aliphatic rings. The molecule has 8 heteroatoms. The molecule has 0 bridgehead atoms. The molecule has 1 aliphatic heterocycles. The van der Waals surface area contributed by atoms with Crippen molar-refractivity contribution >= 4 is 41.7 Å². The molecule has 0 saturated carbocycles. The molecule has 29 heavy (non-hydrogen) atoms. The number of anilines is 1. The van der Waals surface area contributed by atoms with E-state index in [9.17, 15) is 4.79 Å². The van der Waals surface area contributed by atoms with E-state index >= 15 is 0 Å². The predicted molar refractivity (Wildman–Crippen MR) is 130 cm³/mol. The van der Waals surface area contributed by atoms with Crippen LogP contribution in [0.25, 0.3) is 0 Å². The molecular weight excluding hydrogens is 481 g/mol. The number of carbonyl (C=O) groups is 1. The van der Waals surface area contributed by atoms with Crippen molar-refractivity contribution in [2.24, 2.45) is 10.9 Å². The minimum absolute atomic E-state index is 0. The summed E-state index contributed by atoms with van der Waals surface area (Å²) in [6, 6.07) is 7.87. The third kappa shape index (κ3) is 10.2. The fraction of sp³-hybridized carbons (Fsp3) is 0.619. The van der Waals surface area contributed by atoms with E-state index in [1.807, 2.05) is 29.2 Å². The number of benzene rings is 1. The minimum Gasteiger partial charge on any atom is -0.380 e. The number of nitrogens with zero attached hydrogens (tertiary/aromatic N) is 2. The van der Waals surface area contributed by atoms with Crippen molar-refractivity contribution in [3.8, 4) is 0 Å². The van der Waals surface area contributed by atoms with Gasteiger partial charge in [0.15, 0.2) is 5.96 Å². The lowest BCUT2D eigenvalue weighted by Gasteiger charge is -2.17. The van der Waals surface area contributed by atoms with Crippen molar-refractivity contribution in [3.05, 3.63) is 29.8 Å². The molecule has 3 N–H and O–H groups in total. The highest BCUT2D eigenvalue weighted by molar-refractivity contribution is 14.0. The van der Waals surface area contributed by atoms with E-state index in [0.717, 1.165) is 56.2 Å². The highest BCUT2D eigenvalue weighted by Crippen LogP contribution is 2.14. The first kappa shape index (κ1) is 25.5. The van der Waals surface area contributed by atoms with Crippen molar-refractivity contribution in [1.82, 2.24) is 15.5 Å². The van der Waals surface area contributed by atoms with Gasteiger partial charge in [-0.2, -0.15) is 0 Å². The maximum Gasteiger partial charge on any atom is 0.321 e. The quantitative estimate of drug-likeness (QED) is 0.202. The minimum atomic E-state index is -0.0162. The van der Waals surface area contributed by atoms with Crippen LogP contribution in [-0.2, 0) is 11.3 Å². The first-order chi connectivity index (χ1) is 13.6. The summed E-state index contributed by atoms with van der Waals surface area (Å²) in [5.74, 6) is 1.40. The van der Waals surface area contributed by atoms with Gasteiger partial charge in [-0.05, 0) is 42.9 Å². The van der Waals surface area contributed by atoms with Crippen molar-refractivity contribution < 1.29 is 9.53 Å². The van der Waals surface area contributed by atoms with Gasteiger partial charge in [-0.1, -0.05) is 26.0 Å². The van der Waals surface area contributed by atoms with Gasteiger partial charge in [0.1, 0.15) is 0 Å². The van der Waals surface area contributed by atoms with Crippen LogP contribution >= 0.6 is 24.0 Å². The van der Waals surface area contributed by atoms with Crippen LogP contribution in [0.4, 0.5) is 10.5 Å². The Bertz CT molecular complexity index is 633. The Morgan fingerprint density at radius 1 is 1.21 bits per heavy atom. The van der Waals surface area contributed by atoms with E-state index < -0.39 is 0 Å². The van der Waals surface area contributed by atoms with Crippen LogP contribution in [-0.4, -0.2) is 56.8 Å². The van der Waals surface area contributed by atoms with Crippen LogP contribution in [0.15, 0.2) is 29.3 Å². The van der Waals surface area contributed by atoms with Crippen molar-refractivity contribution in [1.29, 1.82) is 0 Å². The lowest BCUT2D eigenvalue weighted by Crippen LogP contribution is -2.38. The van der Waals surface area contributed by atoms with Crippen molar-refractivity contribution in [2.45, 2.75) is 39.7 Å². The molecule has 2 rings (SSSR count). The van der Waals surface area contributed by atoms with Crippen molar-refractivity contribution in [2.75, 3.05) is 45.2 Å². The fourth-order valence-electron chi connectivity index (χ4n) is 2.95. The lowest BCUT2D eigenvalue weighted by atomic mass is 10.1. The monoisotopic (exact) mass is 517 g/mol. The summed E-state index contributed by atoms with van der Waals surface area (Å²) in [6.45, 7) is 8.87. The SMILES string of the molecule is CN=C(NCCOCCC(C)C)NCc1cccc(NC(=O)N2CCCC2)c1.I. The first-order valence-corrected chi connectivity index (χ1v) is 10.3. The Balaban J connectivity index is 0.00000420.